The molecule has 0 aliphatic rings. The Labute approximate surface area is 273 Å². The molecule has 0 radical (unpaired) electrons. The van der Waals surface area contributed by atoms with Gasteiger partial charge in [-0.05, 0) is 110 Å². The zero-order chi connectivity index (χ0) is 33.6. The molecule has 0 atom stereocenters. The lowest BCUT2D eigenvalue weighted by atomic mass is 10.1. The number of aromatic hydroxyl groups is 1. The molecule has 0 fully saturated rings. The quantitative estimate of drug-likeness (QED) is 0.137. The number of carbonyl (C=O) groups is 1. The van der Waals surface area contributed by atoms with Crippen LogP contribution in [0, 0.1) is 0 Å². The zero-order valence-electron chi connectivity index (χ0n) is 29.3. The van der Waals surface area contributed by atoms with Crippen LogP contribution in [0.3, 0.4) is 0 Å². The maximum atomic E-state index is 12.3. The largest absolute Gasteiger partial charge is 0.507 e. The molecule has 3 aromatic carbocycles. The Hall–Kier alpha value is -3.02. The van der Waals surface area contributed by atoms with Crippen LogP contribution in [-0.2, 0) is 11.2 Å². The molecule has 0 amide bonds. The van der Waals surface area contributed by atoms with Gasteiger partial charge < -0.3 is 28.8 Å². The van der Waals surface area contributed by atoms with Gasteiger partial charge in [0.2, 0.25) is 0 Å². The van der Waals surface area contributed by atoms with Crippen LogP contribution >= 0.6 is 7.92 Å². The lowest BCUT2D eigenvalue weighted by Crippen LogP contribution is -2.41. The second kappa shape index (κ2) is 15.5. The van der Waals surface area contributed by atoms with Gasteiger partial charge in [-0.15, -0.1) is 0 Å². The molecule has 0 unspecified atom stereocenters. The monoisotopic (exact) mass is 652 g/mol. The number of hydrogen-bond donors (Lipinski definition) is 1. The van der Waals surface area contributed by atoms with E-state index in [0.717, 1.165) is 26.7 Å². The highest BCUT2D eigenvalue weighted by molar-refractivity contribution is 7.80. The predicted octanol–water partition coefficient (Wildman–Crippen LogP) is 7.37. The maximum Gasteiger partial charge on any atom is 0.131 e. The van der Waals surface area contributed by atoms with Crippen LogP contribution in [0.4, 0.5) is 0 Å². The number of ketones is 1. The zero-order valence-corrected chi connectivity index (χ0v) is 31.2. The van der Waals surface area contributed by atoms with E-state index in [1.165, 1.54) is 0 Å². The summed E-state index contributed by atoms with van der Waals surface area (Å²) in [7, 11) is -3.64. The maximum absolute atomic E-state index is 12.3. The van der Waals surface area contributed by atoms with E-state index in [1.54, 1.807) is 6.92 Å². The number of phenols is 1. The van der Waals surface area contributed by atoms with E-state index in [1.807, 2.05) is 91.8 Å². The van der Waals surface area contributed by atoms with Gasteiger partial charge in [0.15, 0.2) is 0 Å². The van der Waals surface area contributed by atoms with Gasteiger partial charge in [0.25, 0.3) is 0 Å². The highest BCUT2D eigenvalue weighted by Crippen LogP contribution is 2.48. The molecule has 45 heavy (non-hydrogen) atoms. The summed E-state index contributed by atoms with van der Waals surface area (Å²) in [5.41, 5.74) is 1.02. The van der Waals surface area contributed by atoms with E-state index in [4.69, 9.17) is 18.9 Å². The van der Waals surface area contributed by atoms with Gasteiger partial charge in [0.05, 0.1) is 43.1 Å². The van der Waals surface area contributed by atoms with E-state index in [-0.39, 0.29) is 35.9 Å². The average Bonchev–Trinajstić information content (AvgIpc) is 2.89. The third-order valence-corrected chi connectivity index (χ3v) is 11.4. The van der Waals surface area contributed by atoms with Crippen molar-refractivity contribution in [1.29, 1.82) is 0 Å². The average molecular weight is 653 g/mol. The Bertz CT molecular complexity index is 1330. The summed E-state index contributed by atoms with van der Waals surface area (Å²) in [5.74, 6) is 3.16. The van der Waals surface area contributed by atoms with Gasteiger partial charge in [-0.3, -0.25) is 0 Å². The fourth-order valence-corrected chi connectivity index (χ4v) is 9.37. The van der Waals surface area contributed by atoms with Gasteiger partial charge in [-0.1, -0.05) is 37.8 Å². The lowest BCUT2D eigenvalue weighted by molar-refractivity contribution is -0.116. The highest BCUT2D eigenvalue weighted by Gasteiger charge is 2.35. The summed E-state index contributed by atoms with van der Waals surface area (Å²) in [5, 5.41) is 15.8. The van der Waals surface area contributed by atoms with Crippen LogP contribution in [0.2, 0.25) is 19.6 Å². The third-order valence-electron chi connectivity index (χ3n) is 6.79. The summed E-state index contributed by atoms with van der Waals surface area (Å²) >= 11 is 0. The van der Waals surface area contributed by atoms with Crippen LogP contribution in [-0.4, -0.2) is 43.4 Å². The molecule has 3 rings (SSSR count). The Kier molecular flexibility index (Phi) is 12.6. The van der Waals surface area contributed by atoms with Crippen LogP contribution in [0.25, 0.3) is 0 Å². The Balaban J connectivity index is 2.62. The number of rotatable bonds is 15. The molecule has 0 aliphatic carbocycles. The number of Topliss-reactive ketones (excluding diaryl/α,β-unsaturated/α-hetero) is 1. The minimum absolute atomic E-state index is 0.100. The molecule has 6 nitrogen and oxygen atoms in total. The molecule has 0 bridgehead atoms. The summed E-state index contributed by atoms with van der Waals surface area (Å²) < 4.78 is 26.1. The van der Waals surface area contributed by atoms with Crippen molar-refractivity contribution in [3.63, 3.8) is 0 Å². The normalized spacial score (nSPS) is 12.0. The summed E-state index contributed by atoms with van der Waals surface area (Å²) in [4.78, 5) is 12.1. The number of ether oxygens (including phenoxy) is 4. The van der Waals surface area contributed by atoms with Gasteiger partial charge in [0, 0.05) is 19.6 Å². The summed E-state index contributed by atoms with van der Waals surface area (Å²) in [6.45, 7) is 24.4. The second-order valence-corrected chi connectivity index (χ2v) is 20.8. The molecule has 0 spiro atoms. The standard InChI is InChI=1S/C37H53O6PSi/c1-23(2)40-29-15-13-16-30(41-24(3)4)36(29)44(37-31(42-25(5)6)17-14-18-32(37)43-26(7)8)33-21-28(20-19-27(9)38)22-34(35(33)39)45(10,11)12/h13-18,21-26,39H,19-20H2,1-12H3. The van der Waals surface area contributed by atoms with Gasteiger partial charge >= 0.3 is 0 Å². The minimum Gasteiger partial charge on any atom is -0.507 e. The first-order chi connectivity index (χ1) is 21.0. The van der Waals surface area contributed by atoms with Crippen molar-refractivity contribution in [2.45, 2.75) is 119 Å². The van der Waals surface area contributed by atoms with Crippen molar-refractivity contribution < 1.29 is 28.8 Å². The second-order valence-electron chi connectivity index (χ2n) is 13.7. The van der Waals surface area contributed by atoms with Gasteiger partial charge in [0.1, 0.15) is 34.5 Å². The van der Waals surface area contributed by atoms with E-state index >= 15 is 0 Å². The van der Waals surface area contributed by atoms with Crippen LogP contribution < -0.4 is 40.0 Å². The van der Waals surface area contributed by atoms with Gasteiger partial charge in [-0.2, -0.15) is 0 Å². The van der Waals surface area contributed by atoms with Crippen LogP contribution in [0.1, 0.15) is 74.3 Å². The molecule has 0 aliphatic heterocycles. The summed E-state index contributed by atoms with van der Waals surface area (Å²) in [6.07, 6.45) is 0.611. The number of aryl methyl sites for hydroxylation is 1. The molecule has 0 saturated heterocycles. The van der Waals surface area contributed by atoms with Crippen molar-refractivity contribution in [1.82, 2.24) is 0 Å². The minimum atomic E-state index is -2.05. The fraction of sp³-hybridized carbons (Fsp3) is 0.486. The summed E-state index contributed by atoms with van der Waals surface area (Å²) in [6, 6.07) is 16.0. The fourth-order valence-electron chi connectivity index (χ4n) is 5.08. The van der Waals surface area contributed by atoms with E-state index in [2.05, 4.69) is 31.8 Å². The van der Waals surface area contributed by atoms with Crippen molar-refractivity contribution in [3.8, 4) is 28.7 Å². The SMILES string of the molecule is CC(=O)CCc1cc(P(c2c(OC(C)C)cccc2OC(C)C)c2c(OC(C)C)cccc2OC(C)C)c(O)c([Si](C)(C)C)c1. The van der Waals surface area contributed by atoms with Gasteiger partial charge in [-0.25, -0.2) is 0 Å². The molecule has 3 aromatic rings. The first-order valence-electron chi connectivity index (χ1n) is 16.1. The van der Waals surface area contributed by atoms with E-state index < -0.39 is 16.0 Å². The molecular formula is C37H53O6PSi. The van der Waals surface area contributed by atoms with Crippen molar-refractivity contribution in [3.05, 3.63) is 54.1 Å². The van der Waals surface area contributed by atoms with Crippen molar-refractivity contribution in [2.75, 3.05) is 0 Å². The molecule has 0 heterocycles. The van der Waals surface area contributed by atoms with E-state index in [0.29, 0.717) is 35.8 Å². The Morgan fingerprint density at radius 2 is 1.09 bits per heavy atom. The van der Waals surface area contributed by atoms with Crippen LogP contribution in [0.5, 0.6) is 28.7 Å². The highest BCUT2D eigenvalue weighted by atomic mass is 31.1. The first-order valence-corrected chi connectivity index (χ1v) is 20.9. The predicted molar refractivity (Wildman–Crippen MR) is 192 cm³/mol. The number of carbonyl (C=O) groups excluding carboxylic acids is 1. The number of hydrogen-bond acceptors (Lipinski definition) is 6. The topological polar surface area (TPSA) is 74.2 Å². The number of benzene rings is 3. The Morgan fingerprint density at radius 3 is 1.40 bits per heavy atom. The third kappa shape index (κ3) is 9.73. The van der Waals surface area contributed by atoms with E-state index in [9.17, 15) is 9.90 Å². The molecule has 246 valence electrons. The lowest BCUT2D eigenvalue weighted by Gasteiger charge is -2.31. The molecule has 8 heteroatoms. The molecule has 0 saturated carbocycles. The molecular weight excluding hydrogens is 599 g/mol. The first kappa shape index (κ1) is 36.4. The van der Waals surface area contributed by atoms with Crippen molar-refractivity contribution in [2.24, 2.45) is 0 Å². The molecule has 1 N–H and O–H groups in total. The number of phenolic OH excluding ortho intramolecular Hbond substituents is 1. The van der Waals surface area contributed by atoms with Crippen LogP contribution in [0.15, 0.2) is 48.5 Å². The molecule has 0 aromatic heterocycles. The Morgan fingerprint density at radius 1 is 0.711 bits per heavy atom. The van der Waals surface area contributed by atoms with Crippen molar-refractivity contribution >= 4 is 42.9 Å². The smallest absolute Gasteiger partial charge is 0.131 e.